The van der Waals surface area contributed by atoms with Gasteiger partial charge in [0.1, 0.15) is 30.8 Å². The molecule has 2 aromatic heterocycles. The van der Waals surface area contributed by atoms with Gasteiger partial charge in [0, 0.05) is 80.4 Å². The first kappa shape index (κ1) is 50.2. The van der Waals surface area contributed by atoms with E-state index in [1.165, 1.54) is 5.01 Å². The van der Waals surface area contributed by atoms with Gasteiger partial charge in [-0.1, -0.05) is 38.1 Å². The van der Waals surface area contributed by atoms with Gasteiger partial charge in [-0.2, -0.15) is 0 Å². The van der Waals surface area contributed by atoms with Gasteiger partial charge in [-0.15, -0.1) is 0 Å². The summed E-state index contributed by atoms with van der Waals surface area (Å²) in [6, 6.07) is 13.0. The van der Waals surface area contributed by atoms with Crippen LogP contribution < -0.4 is 16.1 Å². The first-order chi connectivity index (χ1) is 35.7. The summed E-state index contributed by atoms with van der Waals surface area (Å²) < 4.78 is 29.5. The monoisotopic (exact) mass is 1010 g/mol. The molecule has 4 amide bonds. The third-order valence-corrected chi connectivity index (χ3v) is 17.1. The first-order valence-electron chi connectivity index (χ1n) is 27.1. The molecule has 15 nitrogen and oxygen atoms in total. The van der Waals surface area contributed by atoms with Gasteiger partial charge in [0.05, 0.1) is 29.5 Å². The Morgan fingerprint density at radius 2 is 1.84 bits per heavy atom. The molecule has 2 aromatic carbocycles. The number of aryl methyl sites for hydroxylation is 1. The van der Waals surface area contributed by atoms with Gasteiger partial charge in [0.25, 0.3) is 5.91 Å². The van der Waals surface area contributed by atoms with Crippen molar-refractivity contribution in [2.24, 2.45) is 16.7 Å². The molecule has 16 heteroatoms. The van der Waals surface area contributed by atoms with Crippen molar-refractivity contribution in [3.63, 3.8) is 0 Å². The van der Waals surface area contributed by atoms with Crippen molar-refractivity contribution < 1.29 is 37.8 Å². The molecule has 11 rings (SSSR count). The maximum Gasteiger partial charge on any atom is 0.324 e. The number of hydrogen-bond donors (Lipinski definition) is 3. The number of benzene rings is 2. The van der Waals surface area contributed by atoms with E-state index in [9.17, 15) is 14.4 Å². The average molecular weight is 1010 g/mol. The summed E-state index contributed by atoms with van der Waals surface area (Å²) >= 11 is 0. The molecular weight excluding hydrogens is 940 g/mol. The summed E-state index contributed by atoms with van der Waals surface area (Å²) in [5, 5.41) is 8.95. The lowest BCUT2D eigenvalue weighted by Gasteiger charge is -2.36. The van der Waals surface area contributed by atoms with E-state index in [0.29, 0.717) is 81.7 Å². The number of likely N-dealkylation sites (tertiary alicyclic amines) is 2. The average Bonchev–Trinajstić information content (AvgIpc) is 4.25. The Balaban J connectivity index is 0.955. The first-order valence-corrected chi connectivity index (χ1v) is 27.1. The van der Waals surface area contributed by atoms with Crippen LogP contribution in [0.5, 0.6) is 0 Å². The van der Waals surface area contributed by atoms with Gasteiger partial charge in [0.15, 0.2) is 0 Å². The Morgan fingerprint density at radius 3 is 2.59 bits per heavy atom. The maximum absolute atomic E-state index is 15.2. The number of allylic oxidation sites excluding steroid dienone is 1. The molecule has 4 aromatic rings. The molecule has 1 saturated carbocycles. The number of esters is 1. The van der Waals surface area contributed by atoms with Crippen LogP contribution in [0.4, 0.5) is 4.39 Å². The summed E-state index contributed by atoms with van der Waals surface area (Å²) in [5.41, 5.74) is 10.2. The van der Waals surface area contributed by atoms with Crippen LogP contribution in [0.15, 0.2) is 66.4 Å². The molecule has 6 bridgehead atoms. The lowest BCUT2D eigenvalue weighted by molar-refractivity contribution is -0.155. The van der Waals surface area contributed by atoms with Crippen LogP contribution >= 0.6 is 0 Å². The number of ether oxygens (including phenoxy) is 2. The number of alkyl halides is 1. The highest BCUT2D eigenvalue weighted by molar-refractivity contribution is 5.98. The second-order valence-corrected chi connectivity index (χ2v) is 22.9. The second-order valence-electron chi connectivity index (χ2n) is 22.9. The number of amides is 4. The zero-order valence-electron chi connectivity index (χ0n) is 43.5. The van der Waals surface area contributed by atoms with Crippen molar-refractivity contribution in [2.45, 2.75) is 148 Å². The summed E-state index contributed by atoms with van der Waals surface area (Å²) in [6.07, 6.45) is 10.6. The zero-order valence-corrected chi connectivity index (χ0v) is 43.5. The number of fused-ring (bicyclic) bond motifs is 6. The molecule has 1 spiro atoms. The van der Waals surface area contributed by atoms with Crippen molar-refractivity contribution in [1.82, 2.24) is 40.4 Å². The van der Waals surface area contributed by atoms with Crippen LogP contribution in [0, 0.1) is 16.7 Å². The molecular formula is C58H71FN8O7. The van der Waals surface area contributed by atoms with Gasteiger partial charge in [-0.05, 0) is 148 Å². The number of hydrazine groups is 1. The van der Waals surface area contributed by atoms with Crippen molar-refractivity contribution in [2.75, 3.05) is 39.9 Å². The molecule has 2 aliphatic carbocycles. The van der Waals surface area contributed by atoms with E-state index in [-0.39, 0.29) is 49.6 Å². The third-order valence-electron chi connectivity index (χ3n) is 17.1. The SMILES string of the molecule is CCn1c(-c2cccnc2[C@H](C)OC)c2c3cc(ccc31)-c1cc(CF)cc(c1)C[C@H](NC(=O)[C@H](C1=CCCC1)N1CC[C@]3(CCN(C(=O)[C@@H]4N[C@@H]4C4CC4)C3)C1=O)C(=O)N1CCC[C@H](N1)C(=O)OCC(C)(C)C2. The highest BCUT2D eigenvalue weighted by atomic mass is 19.1. The van der Waals surface area contributed by atoms with Crippen LogP contribution in [-0.2, 0) is 59.5 Å². The normalized spacial score (nSPS) is 26.8. The minimum atomic E-state index is -1.16. The predicted octanol–water partition coefficient (Wildman–Crippen LogP) is 6.90. The molecule has 7 aliphatic rings. The van der Waals surface area contributed by atoms with Crippen molar-refractivity contribution in [3.05, 3.63) is 88.8 Å². The predicted molar refractivity (Wildman–Crippen MR) is 278 cm³/mol. The fraction of sp³-hybridized carbons (Fsp3) is 0.552. The summed E-state index contributed by atoms with van der Waals surface area (Å²) in [7, 11) is 1.68. The number of hydrogen-bond acceptors (Lipinski definition) is 10. The molecule has 4 saturated heterocycles. The van der Waals surface area contributed by atoms with Crippen molar-refractivity contribution >= 4 is 40.5 Å². The Hall–Kier alpha value is -5.97. The van der Waals surface area contributed by atoms with Crippen LogP contribution in [0.1, 0.15) is 114 Å². The molecule has 0 radical (unpaired) electrons. The third kappa shape index (κ3) is 9.44. The van der Waals surface area contributed by atoms with Crippen molar-refractivity contribution in [3.8, 4) is 22.4 Å². The van der Waals surface area contributed by atoms with E-state index in [4.69, 9.17) is 14.5 Å². The fourth-order valence-corrected chi connectivity index (χ4v) is 12.9. The lowest BCUT2D eigenvalue weighted by Crippen LogP contribution is -2.62. The van der Waals surface area contributed by atoms with Crippen LogP contribution in [0.2, 0.25) is 0 Å². The Morgan fingerprint density at radius 1 is 1.01 bits per heavy atom. The topological polar surface area (TPSA) is 177 Å². The smallest absolute Gasteiger partial charge is 0.324 e. The zero-order chi connectivity index (χ0) is 51.6. The Kier molecular flexibility index (Phi) is 13.5. The highest BCUT2D eigenvalue weighted by Crippen LogP contribution is 2.46. The number of nitrogens with one attached hydrogen (secondary N) is 3. The summed E-state index contributed by atoms with van der Waals surface area (Å²) in [5.74, 6) is -0.887. The van der Waals surface area contributed by atoms with Gasteiger partial charge in [-0.3, -0.25) is 39.3 Å². The number of pyridine rings is 1. The van der Waals surface area contributed by atoms with Gasteiger partial charge < -0.3 is 29.2 Å². The van der Waals surface area contributed by atoms with Gasteiger partial charge in [0.2, 0.25) is 17.7 Å². The van der Waals surface area contributed by atoms with E-state index >= 15 is 14.0 Å². The van der Waals surface area contributed by atoms with E-state index in [1.807, 2.05) is 42.2 Å². The number of carbonyl (C=O) groups is 5. The standard InChI is InChI=1S/C58H71FN8O7/c1-6-65-46-18-17-39-29-42(46)43(51(65)41-13-9-21-60-47(41)34(2)73-5)30-57(3,4)33-74-55(71)44-14-10-22-67(63-44)53(69)45(28-35-25-36(31-59)27-40(39)26-35)61-52(68)50(38-11-7-8-12-38)66-24-20-58(56(66)72)19-23-64(32-58)54(70)49-48(62-49)37-15-16-37/h9,11,13,17-18,21,25-27,29,34,37,44-45,48-50,62-63H,6-8,10,12,14-16,19-20,22-24,28,30-33H2,1-5H3,(H,61,68)/t34-,44-,45-,48+,49+,50-,58-/m0/s1. The molecule has 74 heavy (non-hydrogen) atoms. The number of methoxy groups -OCH3 is 1. The van der Waals surface area contributed by atoms with Crippen molar-refractivity contribution in [1.29, 1.82) is 0 Å². The van der Waals surface area contributed by atoms with E-state index in [2.05, 4.69) is 59.6 Å². The second kappa shape index (κ2) is 20.0. The number of aromatic nitrogens is 2. The maximum atomic E-state index is 15.2. The molecule has 5 fully saturated rings. The Labute approximate surface area is 432 Å². The molecule has 392 valence electrons. The number of halogens is 1. The number of nitrogens with zero attached hydrogens (tertiary/aromatic N) is 5. The summed E-state index contributed by atoms with van der Waals surface area (Å²) in [6.45, 7) is 9.75. The molecule has 3 N–H and O–H groups in total. The van der Waals surface area contributed by atoms with E-state index < -0.39 is 53.4 Å². The molecule has 5 aliphatic heterocycles. The number of carbonyl (C=O) groups excluding carboxylic acids is 5. The van der Waals surface area contributed by atoms with Gasteiger partial charge >= 0.3 is 5.97 Å². The highest BCUT2D eigenvalue weighted by Gasteiger charge is 2.58. The van der Waals surface area contributed by atoms with Crippen LogP contribution in [0.3, 0.4) is 0 Å². The largest absolute Gasteiger partial charge is 0.464 e. The fourth-order valence-electron chi connectivity index (χ4n) is 12.9. The van der Waals surface area contributed by atoms with E-state index in [0.717, 1.165) is 75.8 Å². The van der Waals surface area contributed by atoms with Crippen LogP contribution in [-0.4, -0.2) is 124 Å². The molecule has 7 atom stereocenters. The molecule has 7 heterocycles. The quantitative estimate of drug-likeness (QED) is 0.0815. The minimum Gasteiger partial charge on any atom is -0.464 e. The molecule has 0 unspecified atom stereocenters. The Bertz CT molecular complexity index is 2930. The minimum absolute atomic E-state index is 0.00992. The number of rotatable bonds is 11. The van der Waals surface area contributed by atoms with Crippen LogP contribution in [0.25, 0.3) is 33.3 Å². The number of cyclic esters (lactones) is 1. The lowest BCUT2D eigenvalue weighted by atomic mass is 9.84. The van der Waals surface area contributed by atoms with Gasteiger partial charge in [-0.25, -0.2) is 9.82 Å². The van der Waals surface area contributed by atoms with E-state index in [1.54, 1.807) is 24.3 Å². The summed E-state index contributed by atoms with van der Waals surface area (Å²) in [4.78, 5) is 81.2.